The first-order valence-electron chi connectivity index (χ1n) is 36.1. The zero-order valence-corrected chi connectivity index (χ0v) is 53.6. The summed E-state index contributed by atoms with van der Waals surface area (Å²) in [5.74, 6) is -0.0101. The van der Waals surface area contributed by atoms with Crippen LogP contribution in [-0.2, 0) is 14.3 Å². The lowest BCUT2D eigenvalue weighted by molar-refractivity contribution is -0.143. The highest BCUT2D eigenvalue weighted by Crippen LogP contribution is 2.19. The van der Waals surface area contributed by atoms with Gasteiger partial charge in [-0.05, 0) is 57.8 Å². The van der Waals surface area contributed by atoms with Crippen molar-refractivity contribution >= 4 is 11.9 Å². The van der Waals surface area contributed by atoms with Gasteiger partial charge in [-0.25, -0.2) is 0 Å². The van der Waals surface area contributed by atoms with Crippen molar-refractivity contribution in [2.45, 2.75) is 418 Å². The molecule has 6 nitrogen and oxygen atoms in total. The number of unbranched alkanes of at least 4 members (excludes halogenated alkanes) is 53. The number of hydrogen-bond acceptors (Lipinski definition) is 5. The standard InChI is InChI=1S/C73H141NO5/c1-3-5-7-9-11-13-15-42-45-49-53-57-61-65-71(76)70(69-75)74-72(77)66-62-58-54-50-46-43-40-38-36-34-32-30-28-26-24-22-20-18-17-19-21-23-25-27-29-31-33-35-37-39-41-44-48-52-56-60-64-68-79-73(78)67-63-59-55-51-47-16-14-12-10-8-6-4-2/h17,19,23,25,70-71,75-76H,3-16,18,20-22,24,26-69H2,1-2H3,(H,74,77)/b19-17-,25-23-. The van der Waals surface area contributed by atoms with E-state index in [1.165, 1.54) is 327 Å². The van der Waals surface area contributed by atoms with Gasteiger partial charge < -0.3 is 20.3 Å². The molecule has 0 fully saturated rings. The van der Waals surface area contributed by atoms with E-state index < -0.39 is 12.1 Å². The van der Waals surface area contributed by atoms with Crippen molar-refractivity contribution in [3.8, 4) is 0 Å². The van der Waals surface area contributed by atoms with Gasteiger partial charge in [0.05, 0.1) is 25.4 Å². The monoisotopic (exact) mass is 1110 g/mol. The first-order valence-corrected chi connectivity index (χ1v) is 36.1. The molecule has 0 aliphatic carbocycles. The summed E-state index contributed by atoms with van der Waals surface area (Å²) in [7, 11) is 0. The minimum atomic E-state index is -0.661. The molecule has 0 saturated carbocycles. The molecule has 468 valence electrons. The van der Waals surface area contributed by atoms with Crippen LogP contribution in [0.15, 0.2) is 24.3 Å². The molecule has 0 radical (unpaired) electrons. The van der Waals surface area contributed by atoms with Crippen molar-refractivity contribution in [3.05, 3.63) is 24.3 Å². The van der Waals surface area contributed by atoms with E-state index in [0.717, 1.165) is 44.9 Å². The summed E-state index contributed by atoms with van der Waals surface area (Å²) in [6.07, 6.45) is 86.8. The molecule has 0 aromatic carbocycles. The Bertz CT molecular complexity index is 1230. The second-order valence-corrected chi connectivity index (χ2v) is 24.9. The molecule has 0 aliphatic heterocycles. The number of carbonyl (C=O) groups excluding carboxylic acids is 2. The summed E-state index contributed by atoms with van der Waals surface area (Å²) < 4.78 is 5.48. The van der Waals surface area contributed by atoms with Crippen LogP contribution in [0.3, 0.4) is 0 Å². The third-order valence-electron chi connectivity index (χ3n) is 17.0. The van der Waals surface area contributed by atoms with Crippen LogP contribution in [0, 0.1) is 0 Å². The quantitative estimate of drug-likeness (QED) is 0.0320. The number of hydrogen-bond donors (Lipinski definition) is 3. The van der Waals surface area contributed by atoms with Crippen molar-refractivity contribution in [1.29, 1.82) is 0 Å². The molecule has 0 aromatic heterocycles. The number of esters is 1. The summed E-state index contributed by atoms with van der Waals surface area (Å²) in [5, 5.41) is 23.3. The van der Waals surface area contributed by atoms with Crippen LogP contribution in [0.25, 0.3) is 0 Å². The van der Waals surface area contributed by atoms with Crippen molar-refractivity contribution in [1.82, 2.24) is 5.32 Å². The molecule has 1 amide bonds. The Morgan fingerprint density at radius 1 is 0.354 bits per heavy atom. The second-order valence-electron chi connectivity index (χ2n) is 24.9. The Balaban J connectivity index is 3.34. The van der Waals surface area contributed by atoms with E-state index in [9.17, 15) is 19.8 Å². The number of carbonyl (C=O) groups is 2. The number of aliphatic hydroxyl groups excluding tert-OH is 2. The smallest absolute Gasteiger partial charge is 0.305 e. The van der Waals surface area contributed by atoms with E-state index in [-0.39, 0.29) is 18.5 Å². The average molecular weight is 1110 g/mol. The van der Waals surface area contributed by atoms with Gasteiger partial charge in [0.15, 0.2) is 0 Å². The number of aliphatic hydroxyl groups is 2. The Morgan fingerprint density at radius 3 is 0.962 bits per heavy atom. The largest absolute Gasteiger partial charge is 0.466 e. The van der Waals surface area contributed by atoms with E-state index in [4.69, 9.17) is 4.74 Å². The van der Waals surface area contributed by atoms with Crippen LogP contribution in [-0.4, -0.2) is 47.4 Å². The van der Waals surface area contributed by atoms with E-state index in [2.05, 4.69) is 43.5 Å². The van der Waals surface area contributed by atoms with Crippen molar-refractivity contribution < 1.29 is 24.5 Å². The van der Waals surface area contributed by atoms with Crippen LogP contribution in [0.4, 0.5) is 0 Å². The normalized spacial score (nSPS) is 12.6. The van der Waals surface area contributed by atoms with E-state index in [0.29, 0.717) is 25.9 Å². The van der Waals surface area contributed by atoms with Crippen LogP contribution >= 0.6 is 0 Å². The zero-order chi connectivity index (χ0) is 57.1. The lowest BCUT2D eigenvalue weighted by Crippen LogP contribution is -2.45. The molecular weight excluding hydrogens is 971 g/mol. The van der Waals surface area contributed by atoms with E-state index in [1.54, 1.807) is 0 Å². The third-order valence-corrected chi connectivity index (χ3v) is 17.0. The molecule has 0 bridgehead atoms. The topological polar surface area (TPSA) is 95.9 Å². The summed E-state index contributed by atoms with van der Waals surface area (Å²) in [5.41, 5.74) is 0. The van der Waals surface area contributed by atoms with Gasteiger partial charge in [-0.1, -0.05) is 359 Å². The van der Waals surface area contributed by atoms with Crippen LogP contribution in [0.1, 0.15) is 406 Å². The Kier molecular flexibility index (Phi) is 67.4. The molecule has 0 heterocycles. The molecular formula is C73H141NO5. The molecule has 0 spiro atoms. The van der Waals surface area contributed by atoms with Gasteiger partial charge in [-0.3, -0.25) is 9.59 Å². The first-order chi connectivity index (χ1) is 39.0. The molecule has 3 N–H and O–H groups in total. The van der Waals surface area contributed by atoms with E-state index in [1.807, 2.05) is 0 Å². The Hall–Kier alpha value is -1.66. The highest BCUT2D eigenvalue weighted by Gasteiger charge is 2.20. The molecule has 0 saturated heterocycles. The minimum absolute atomic E-state index is 0.0200. The fraction of sp³-hybridized carbons (Fsp3) is 0.918. The van der Waals surface area contributed by atoms with Crippen molar-refractivity contribution in [3.63, 3.8) is 0 Å². The molecule has 0 aromatic rings. The Labute approximate surface area is 494 Å². The summed E-state index contributed by atoms with van der Waals surface area (Å²) in [4.78, 5) is 24.5. The Morgan fingerprint density at radius 2 is 0.633 bits per heavy atom. The van der Waals surface area contributed by atoms with E-state index >= 15 is 0 Å². The summed E-state index contributed by atoms with van der Waals surface area (Å²) in [6, 6.07) is -0.538. The fourth-order valence-electron chi connectivity index (χ4n) is 11.5. The molecule has 0 rings (SSSR count). The molecule has 0 aliphatic rings. The highest BCUT2D eigenvalue weighted by molar-refractivity contribution is 5.76. The summed E-state index contributed by atoms with van der Waals surface area (Å²) in [6.45, 7) is 4.98. The number of rotatable bonds is 68. The van der Waals surface area contributed by atoms with Crippen LogP contribution in [0.5, 0.6) is 0 Å². The fourth-order valence-corrected chi connectivity index (χ4v) is 11.5. The van der Waals surface area contributed by atoms with Crippen LogP contribution < -0.4 is 5.32 Å². The maximum Gasteiger partial charge on any atom is 0.305 e. The molecule has 2 atom stereocenters. The lowest BCUT2D eigenvalue weighted by Gasteiger charge is -2.22. The number of allylic oxidation sites excluding steroid dienone is 4. The lowest BCUT2D eigenvalue weighted by atomic mass is 10.0. The minimum Gasteiger partial charge on any atom is -0.466 e. The highest BCUT2D eigenvalue weighted by atomic mass is 16.5. The second kappa shape index (κ2) is 68.8. The maximum absolute atomic E-state index is 12.5. The van der Waals surface area contributed by atoms with Crippen molar-refractivity contribution in [2.75, 3.05) is 13.2 Å². The number of nitrogens with one attached hydrogen (secondary N) is 1. The maximum atomic E-state index is 12.5. The molecule has 79 heavy (non-hydrogen) atoms. The van der Waals surface area contributed by atoms with Gasteiger partial charge >= 0.3 is 5.97 Å². The van der Waals surface area contributed by atoms with Crippen molar-refractivity contribution in [2.24, 2.45) is 0 Å². The number of ether oxygens (including phenoxy) is 1. The van der Waals surface area contributed by atoms with Gasteiger partial charge in [0.2, 0.25) is 5.91 Å². The first kappa shape index (κ1) is 77.3. The predicted octanol–water partition coefficient (Wildman–Crippen LogP) is 23.3. The van der Waals surface area contributed by atoms with Crippen LogP contribution in [0.2, 0.25) is 0 Å². The van der Waals surface area contributed by atoms with Gasteiger partial charge in [0.1, 0.15) is 0 Å². The zero-order valence-electron chi connectivity index (χ0n) is 53.6. The number of amides is 1. The van der Waals surface area contributed by atoms with Gasteiger partial charge in [0.25, 0.3) is 0 Å². The van der Waals surface area contributed by atoms with Gasteiger partial charge in [-0.15, -0.1) is 0 Å². The summed E-state index contributed by atoms with van der Waals surface area (Å²) >= 11 is 0. The molecule has 6 heteroatoms. The predicted molar refractivity (Wildman–Crippen MR) is 347 cm³/mol. The molecule has 2 unspecified atom stereocenters. The average Bonchev–Trinajstić information content (AvgIpc) is 3.45. The SMILES string of the molecule is CCCCCCCCCCCCCCCC(O)C(CO)NC(=O)CCCCCCCCCCCCCCCCCCC/C=C\C/C=C\CCCCCCCCCCCCCCCOC(=O)CCCCCCCCCCCCCC. The van der Waals surface area contributed by atoms with Gasteiger partial charge in [0, 0.05) is 12.8 Å². The third kappa shape index (κ3) is 65.4. The van der Waals surface area contributed by atoms with Gasteiger partial charge in [-0.2, -0.15) is 0 Å².